The van der Waals surface area contributed by atoms with E-state index in [1.807, 2.05) is 30.3 Å². The molecule has 0 aliphatic carbocycles. The van der Waals surface area contributed by atoms with Gasteiger partial charge in [0.2, 0.25) is 0 Å². The number of hydrogen-bond acceptors (Lipinski definition) is 3. The van der Waals surface area contributed by atoms with Gasteiger partial charge in [0.25, 0.3) is 5.56 Å². The largest absolute Gasteiger partial charge is 0.361 e. The lowest BCUT2D eigenvalue weighted by Crippen LogP contribution is -2.17. The number of nitrogens with zero attached hydrogens (tertiary/aromatic N) is 2. The van der Waals surface area contributed by atoms with Crippen molar-refractivity contribution in [2.75, 3.05) is 4.90 Å². The summed E-state index contributed by atoms with van der Waals surface area (Å²) in [6.07, 6.45) is 1.47. The molecule has 1 aliphatic rings. The first kappa shape index (κ1) is 9.15. The zero-order chi connectivity index (χ0) is 11.0. The number of nitrogens with one attached hydrogen (secondary N) is 1. The second-order valence-corrected chi connectivity index (χ2v) is 3.85. The molecule has 80 valence electrons. The Morgan fingerprint density at radius 1 is 1.19 bits per heavy atom. The fraction of sp³-hybridized carbons (Fsp3) is 0.167. The average molecular weight is 213 g/mol. The SMILES string of the molecule is O=c1[nH]cnc2c1CN(c1ccccc1)C2. The number of para-hydroxylation sites is 1. The van der Waals surface area contributed by atoms with E-state index in [0.717, 1.165) is 16.9 Å². The van der Waals surface area contributed by atoms with Crippen LogP contribution in [0.15, 0.2) is 41.5 Å². The summed E-state index contributed by atoms with van der Waals surface area (Å²) in [4.78, 5) is 20.5. The fourth-order valence-corrected chi connectivity index (χ4v) is 2.01. The number of aromatic amines is 1. The minimum absolute atomic E-state index is 0.0246. The van der Waals surface area contributed by atoms with Crippen LogP contribution in [0.25, 0.3) is 0 Å². The van der Waals surface area contributed by atoms with Crippen molar-refractivity contribution in [3.63, 3.8) is 0 Å². The molecule has 0 saturated heterocycles. The third kappa shape index (κ3) is 1.39. The third-order valence-corrected chi connectivity index (χ3v) is 2.85. The predicted octanol–water partition coefficient (Wildman–Crippen LogP) is 1.29. The normalized spacial score (nSPS) is 13.9. The van der Waals surface area contributed by atoms with Gasteiger partial charge < -0.3 is 9.88 Å². The van der Waals surface area contributed by atoms with Gasteiger partial charge in [0.05, 0.1) is 30.7 Å². The van der Waals surface area contributed by atoms with E-state index in [4.69, 9.17) is 0 Å². The summed E-state index contributed by atoms with van der Waals surface area (Å²) in [5.41, 5.74) is 2.77. The molecule has 1 N–H and O–H groups in total. The van der Waals surface area contributed by atoms with Gasteiger partial charge in [-0.25, -0.2) is 4.98 Å². The van der Waals surface area contributed by atoms with Crippen LogP contribution in [-0.2, 0) is 13.1 Å². The summed E-state index contributed by atoms with van der Waals surface area (Å²) < 4.78 is 0. The van der Waals surface area contributed by atoms with Crippen LogP contribution in [0, 0.1) is 0 Å². The summed E-state index contributed by atoms with van der Waals surface area (Å²) in [6.45, 7) is 1.35. The molecule has 4 nitrogen and oxygen atoms in total. The van der Waals surface area contributed by atoms with E-state index in [2.05, 4.69) is 14.9 Å². The average Bonchev–Trinajstić information content (AvgIpc) is 2.76. The van der Waals surface area contributed by atoms with E-state index in [9.17, 15) is 4.79 Å². The van der Waals surface area contributed by atoms with Crippen molar-refractivity contribution in [3.05, 3.63) is 58.3 Å². The Labute approximate surface area is 92.6 Å². The van der Waals surface area contributed by atoms with E-state index in [0.29, 0.717) is 13.1 Å². The van der Waals surface area contributed by atoms with Crippen LogP contribution in [0.4, 0.5) is 5.69 Å². The van der Waals surface area contributed by atoms with Crippen LogP contribution in [0.5, 0.6) is 0 Å². The van der Waals surface area contributed by atoms with Crippen LogP contribution < -0.4 is 10.5 Å². The summed E-state index contributed by atoms with van der Waals surface area (Å²) in [6, 6.07) is 10.1. The maximum Gasteiger partial charge on any atom is 0.256 e. The molecule has 0 radical (unpaired) electrons. The van der Waals surface area contributed by atoms with Gasteiger partial charge in [-0.1, -0.05) is 18.2 Å². The first-order valence-corrected chi connectivity index (χ1v) is 5.20. The molecular formula is C12H11N3O. The number of rotatable bonds is 1. The molecule has 0 atom stereocenters. The summed E-state index contributed by atoms with van der Waals surface area (Å²) >= 11 is 0. The minimum atomic E-state index is -0.0246. The predicted molar refractivity (Wildman–Crippen MR) is 61.2 cm³/mol. The molecule has 16 heavy (non-hydrogen) atoms. The van der Waals surface area contributed by atoms with E-state index < -0.39 is 0 Å². The summed E-state index contributed by atoms with van der Waals surface area (Å²) in [5.74, 6) is 0. The molecule has 2 heterocycles. The Bertz CT molecular complexity index is 562. The van der Waals surface area contributed by atoms with Crippen molar-refractivity contribution in [3.8, 4) is 0 Å². The molecule has 4 heteroatoms. The number of hydrogen-bond donors (Lipinski definition) is 1. The highest BCUT2D eigenvalue weighted by Crippen LogP contribution is 2.24. The molecule has 2 aromatic rings. The van der Waals surface area contributed by atoms with Gasteiger partial charge in [-0.2, -0.15) is 0 Å². The maximum absolute atomic E-state index is 11.6. The highest BCUT2D eigenvalue weighted by atomic mass is 16.1. The monoisotopic (exact) mass is 213 g/mol. The molecule has 1 aliphatic heterocycles. The van der Waals surface area contributed by atoms with Crippen molar-refractivity contribution < 1.29 is 0 Å². The molecule has 0 amide bonds. The summed E-state index contributed by atoms with van der Waals surface area (Å²) in [7, 11) is 0. The zero-order valence-electron chi connectivity index (χ0n) is 8.68. The minimum Gasteiger partial charge on any atom is -0.361 e. The van der Waals surface area contributed by atoms with Gasteiger partial charge in [-0.05, 0) is 12.1 Å². The van der Waals surface area contributed by atoms with Crippen molar-refractivity contribution in [1.29, 1.82) is 0 Å². The van der Waals surface area contributed by atoms with Crippen molar-refractivity contribution in [1.82, 2.24) is 9.97 Å². The topological polar surface area (TPSA) is 49.0 Å². The molecule has 0 spiro atoms. The molecular weight excluding hydrogens is 202 g/mol. The van der Waals surface area contributed by atoms with Gasteiger partial charge in [-0.3, -0.25) is 4.79 Å². The second-order valence-electron chi connectivity index (χ2n) is 3.85. The first-order valence-electron chi connectivity index (χ1n) is 5.20. The quantitative estimate of drug-likeness (QED) is 0.776. The Hall–Kier alpha value is -2.10. The highest BCUT2D eigenvalue weighted by molar-refractivity contribution is 5.49. The second kappa shape index (κ2) is 3.48. The van der Waals surface area contributed by atoms with Crippen molar-refractivity contribution >= 4 is 5.69 Å². The Morgan fingerprint density at radius 3 is 2.75 bits per heavy atom. The van der Waals surface area contributed by atoms with E-state index >= 15 is 0 Å². The standard InChI is InChI=1S/C12H11N3O/c16-12-10-6-15(7-11(10)13-8-14-12)9-4-2-1-3-5-9/h1-5,8H,6-7H2,(H,13,14,16). The number of H-pyrrole nitrogens is 1. The maximum atomic E-state index is 11.6. The van der Waals surface area contributed by atoms with E-state index in [1.54, 1.807) is 0 Å². The Balaban J connectivity index is 1.97. The Morgan fingerprint density at radius 2 is 2.00 bits per heavy atom. The van der Waals surface area contributed by atoms with Crippen LogP contribution in [0.1, 0.15) is 11.3 Å². The highest BCUT2D eigenvalue weighted by Gasteiger charge is 2.22. The first-order chi connectivity index (χ1) is 7.84. The number of benzene rings is 1. The zero-order valence-corrected chi connectivity index (χ0v) is 8.68. The van der Waals surface area contributed by atoms with Crippen molar-refractivity contribution in [2.24, 2.45) is 0 Å². The summed E-state index contributed by atoms with van der Waals surface area (Å²) in [5, 5.41) is 0. The molecule has 1 aromatic heterocycles. The molecule has 1 aromatic carbocycles. The molecule has 0 bridgehead atoms. The smallest absolute Gasteiger partial charge is 0.256 e. The lowest BCUT2D eigenvalue weighted by molar-refractivity contribution is 0.870. The van der Waals surface area contributed by atoms with Gasteiger partial charge >= 0.3 is 0 Å². The number of aromatic nitrogens is 2. The van der Waals surface area contributed by atoms with Crippen molar-refractivity contribution in [2.45, 2.75) is 13.1 Å². The van der Waals surface area contributed by atoms with Crippen LogP contribution in [0.2, 0.25) is 0 Å². The van der Waals surface area contributed by atoms with E-state index in [1.165, 1.54) is 6.33 Å². The number of anilines is 1. The lowest BCUT2D eigenvalue weighted by Gasteiger charge is -2.16. The third-order valence-electron chi connectivity index (χ3n) is 2.85. The van der Waals surface area contributed by atoms with Gasteiger partial charge in [0, 0.05) is 5.69 Å². The van der Waals surface area contributed by atoms with Gasteiger partial charge in [-0.15, -0.1) is 0 Å². The molecule has 0 fully saturated rings. The van der Waals surface area contributed by atoms with Crippen LogP contribution in [0.3, 0.4) is 0 Å². The van der Waals surface area contributed by atoms with Crippen LogP contribution >= 0.6 is 0 Å². The fourth-order valence-electron chi connectivity index (χ4n) is 2.01. The van der Waals surface area contributed by atoms with Crippen LogP contribution in [-0.4, -0.2) is 9.97 Å². The molecule has 0 unspecified atom stereocenters. The van der Waals surface area contributed by atoms with E-state index in [-0.39, 0.29) is 5.56 Å². The lowest BCUT2D eigenvalue weighted by atomic mass is 10.3. The Kier molecular flexibility index (Phi) is 1.99. The molecule has 0 saturated carbocycles. The molecule has 3 rings (SSSR count). The van der Waals surface area contributed by atoms with Gasteiger partial charge in [0.15, 0.2) is 0 Å². The number of fused-ring (bicyclic) bond motifs is 1. The van der Waals surface area contributed by atoms with Gasteiger partial charge in [0.1, 0.15) is 0 Å².